The van der Waals surface area contributed by atoms with Crippen LogP contribution in [-0.4, -0.2) is 11.9 Å². The van der Waals surface area contributed by atoms with E-state index in [9.17, 15) is 9.59 Å². The Kier molecular flexibility index (Phi) is 4.97. The van der Waals surface area contributed by atoms with Crippen LogP contribution in [0.4, 0.5) is 10.5 Å². The lowest BCUT2D eigenvalue weighted by atomic mass is 9.94. The Morgan fingerprint density at radius 2 is 1.84 bits per heavy atom. The van der Waals surface area contributed by atoms with Crippen molar-refractivity contribution >= 4 is 40.8 Å². The summed E-state index contributed by atoms with van der Waals surface area (Å²) >= 11 is 12.2. The molecule has 0 aliphatic carbocycles. The first-order valence-electron chi connectivity index (χ1n) is 7.55. The van der Waals surface area contributed by atoms with E-state index in [0.717, 1.165) is 0 Å². The number of carbonyl (C=O) groups is 2. The lowest BCUT2D eigenvalue weighted by Crippen LogP contribution is -2.46. The van der Waals surface area contributed by atoms with Crippen LogP contribution in [0.2, 0.25) is 10.0 Å². The molecule has 7 heteroatoms. The Labute approximate surface area is 155 Å². The fourth-order valence-corrected chi connectivity index (χ4v) is 3.20. The van der Waals surface area contributed by atoms with E-state index in [-0.39, 0.29) is 5.91 Å². The summed E-state index contributed by atoms with van der Waals surface area (Å²) in [5.74, 6) is -0.327. The van der Waals surface area contributed by atoms with E-state index in [1.165, 1.54) is 0 Å². The molecule has 25 heavy (non-hydrogen) atoms. The van der Waals surface area contributed by atoms with E-state index in [0.29, 0.717) is 32.6 Å². The van der Waals surface area contributed by atoms with E-state index >= 15 is 0 Å². The maximum Gasteiger partial charge on any atom is 0.319 e. The standard InChI is InChI=1S/C18H15Cl2N3O2/c1-10-15(17(24)22-12-5-3-2-4-6-12)16(23-18(25)21-10)13-8-7-11(19)9-14(13)20/h2-9,16H,1H3,(H,22,24)(H2,21,23,25). The topological polar surface area (TPSA) is 70.2 Å². The van der Waals surface area contributed by atoms with Crippen LogP contribution in [-0.2, 0) is 4.79 Å². The molecule has 1 aliphatic heterocycles. The molecule has 5 nitrogen and oxygen atoms in total. The molecule has 1 aliphatic rings. The van der Waals surface area contributed by atoms with E-state index in [1.54, 1.807) is 37.3 Å². The second kappa shape index (κ2) is 7.17. The van der Waals surface area contributed by atoms with E-state index < -0.39 is 12.1 Å². The fourth-order valence-electron chi connectivity index (χ4n) is 2.68. The molecular weight excluding hydrogens is 361 g/mol. The number of anilines is 1. The van der Waals surface area contributed by atoms with Crippen LogP contribution < -0.4 is 16.0 Å². The number of urea groups is 1. The number of allylic oxidation sites excluding steroid dienone is 1. The second-order valence-corrected chi connectivity index (χ2v) is 6.40. The third-order valence-electron chi connectivity index (χ3n) is 3.82. The second-order valence-electron chi connectivity index (χ2n) is 5.56. The zero-order valence-corrected chi connectivity index (χ0v) is 14.8. The molecule has 1 unspecified atom stereocenters. The molecule has 0 aromatic heterocycles. The highest BCUT2D eigenvalue weighted by Crippen LogP contribution is 2.33. The SMILES string of the molecule is CC1=C(C(=O)Nc2ccccc2)C(c2ccc(Cl)cc2Cl)NC(=O)N1. The predicted octanol–water partition coefficient (Wildman–Crippen LogP) is 4.26. The Morgan fingerprint density at radius 1 is 1.12 bits per heavy atom. The maximum atomic E-state index is 12.8. The van der Waals surface area contributed by atoms with Crippen LogP contribution in [0, 0.1) is 0 Å². The number of carbonyl (C=O) groups excluding carboxylic acids is 2. The molecule has 3 amide bonds. The van der Waals surface area contributed by atoms with Crippen molar-refractivity contribution in [3.8, 4) is 0 Å². The van der Waals surface area contributed by atoms with Crippen LogP contribution in [0.15, 0.2) is 59.8 Å². The highest BCUT2D eigenvalue weighted by Gasteiger charge is 2.32. The molecule has 0 bridgehead atoms. The van der Waals surface area contributed by atoms with Crippen molar-refractivity contribution < 1.29 is 9.59 Å². The first-order valence-corrected chi connectivity index (χ1v) is 8.31. The fraction of sp³-hybridized carbons (Fsp3) is 0.111. The van der Waals surface area contributed by atoms with Crippen molar-refractivity contribution in [2.45, 2.75) is 13.0 Å². The number of rotatable bonds is 3. The highest BCUT2D eigenvalue weighted by atomic mass is 35.5. The molecule has 2 aromatic carbocycles. The van der Waals surface area contributed by atoms with Crippen LogP contribution >= 0.6 is 23.2 Å². The van der Waals surface area contributed by atoms with Crippen molar-refractivity contribution in [2.75, 3.05) is 5.32 Å². The third kappa shape index (κ3) is 3.78. The van der Waals surface area contributed by atoms with Gasteiger partial charge in [-0.15, -0.1) is 0 Å². The van der Waals surface area contributed by atoms with Gasteiger partial charge in [0, 0.05) is 21.4 Å². The summed E-state index contributed by atoms with van der Waals surface area (Å²) in [6, 6.07) is 12.9. The Balaban J connectivity index is 1.99. The van der Waals surface area contributed by atoms with E-state index in [1.807, 2.05) is 18.2 Å². The van der Waals surface area contributed by atoms with Crippen LogP contribution in [0.5, 0.6) is 0 Å². The molecule has 128 valence electrons. The van der Waals surface area contributed by atoms with Crippen molar-refractivity contribution in [3.63, 3.8) is 0 Å². The van der Waals surface area contributed by atoms with Gasteiger partial charge in [0.05, 0.1) is 11.6 Å². The zero-order chi connectivity index (χ0) is 18.0. The van der Waals surface area contributed by atoms with E-state index in [2.05, 4.69) is 16.0 Å². The Morgan fingerprint density at radius 3 is 2.52 bits per heavy atom. The van der Waals surface area contributed by atoms with Crippen molar-refractivity contribution in [1.82, 2.24) is 10.6 Å². The third-order valence-corrected chi connectivity index (χ3v) is 4.38. The first kappa shape index (κ1) is 17.3. The molecular formula is C18H15Cl2N3O2. The molecule has 1 atom stereocenters. The quantitative estimate of drug-likeness (QED) is 0.749. The smallest absolute Gasteiger partial charge is 0.319 e. The van der Waals surface area contributed by atoms with Gasteiger partial charge < -0.3 is 16.0 Å². The average Bonchev–Trinajstić information content (AvgIpc) is 2.54. The number of hydrogen-bond donors (Lipinski definition) is 3. The van der Waals surface area contributed by atoms with Crippen LogP contribution in [0.3, 0.4) is 0 Å². The van der Waals surface area contributed by atoms with Gasteiger partial charge in [0.1, 0.15) is 0 Å². The summed E-state index contributed by atoms with van der Waals surface area (Å²) in [6.45, 7) is 1.68. The summed E-state index contributed by atoms with van der Waals surface area (Å²) in [7, 11) is 0. The normalized spacial score (nSPS) is 16.9. The monoisotopic (exact) mass is 375 g/mol. The van der Waals surface area contributed by atoms with Gasteiger partial charge >= 0.3 is 6.03 Å². The zero-order valence-electron chi connectivity index (χ0n) is 13.3. The van der Waals surface area contributed by atoms with Crippen molar-refractivity contribution in [1.29, 1.82) is 0 Å². The minimum atomic E-state index is -0.678. The number of benzene rings is 2. The van der Waals surface area contributed by atoms with Gasteiger partial charge in [-0.25, -0.2) is 4.79 Å². The number of amides is 3. The minimum Gasteiger partial charge on any atom is -0.327 e. The summed E-state index contributed by atoms with van der Waals surface area (Å²) < 4.78 is 0. The lowest BCUT2D eigenvalue weighted by Gasteiger charge is -2.29. The molecule has 0 saturated heterocycles. The van der Waals surface area contributed by atoms with Crippen LogP contribution in [0.25, 0.3) is 0 Å². The number of hydrogen-bond acceptors (Lipinski definition) is 2. The summed E-state index contributed by atoms with van der Waals surface area (Å²) in [4.78, 5) is 24.7. The molecule has 3 N–H and O–H groups in total. The summed E-state index contributed by atoms with van der Waals surface area (Å²) in [5, 5.41) is 9.05. The van der Waals surface area contributed by atoms with Crippen LogP contribution in [0.1, 0.15) is 18.5 Å². The van der Waals surface area contributed by atoms with Gasteiger partial charge in [-0.1, -0.05) is 47.5 Å². The van der Waals surface area contributed by atoms with Gasteiger partial charge in [-0.2, -0.15) is 0 Å². The Bertz CT molecular complexity index is 866. The van der Waals surface area contributed by atoms with Gasteiger partial charge in [-0.3, -0.25) is 4.79 Å². The molecule has 3 rings (SSSR count). The predicted molar refractivity (Wildman–Crippen MR) is 98.6 cm³/mol. The van der Waals surface area contributed by atoms with Gasteiger partial charge in [-0.05, 0) is 36.8 Å². The molecule has 0 saturated carbocycles. The Hall–Kier alpha value is -2.50. The van der Waals surface area contributed by atoms with Gasteiger partial charge in [0.2, 0.25) is 0 Å². The van der Waals surface area contributed by atoms with Crippen molar-refractivity contribution in [2.24, 2.45) is 0 Å². The number of para-hydroxylation sites is 1. The average molecular weight is 376 g/mol. The summed E-state index contributed by atoms with van der Waals surface area (Å²) in [5.41, 5.74) is 2.10. The molecule has 1 heterocycles. The number of nitrogens with one attached hydrogen (secondary N) is 3. The number of halogens is 2. The first-order chi connectivity index (χ1) is 12.0. The van der Waals surface area contributed by atoms with Crippen molar-refractivity contribution in [3.05, 3.63) is 75.4 Å². The van der Waals surface area contributed by atoms with E-state index in [4.69, 9.17) is 23.2 Å². The van der Waals surface area contributed by atoms with Gasteiger partial charge in [0.25, 0.3) is 5.91 Å². The molecule has 0 radical (unpaired) electrons. The molecule has 2 aromatic rings. The van der Waals surface area contributed by atoms with Gasteiger partial charge in [0.15, 0.2) is 0 Å². The minimum absolute atomic E-state index is 0.327. The lowest BCUT2D eigenvalue weighted by molar-refractivity contribution is -0.113. The molecule has 0 fully saturated rings. The highest BCUT2D eigenvalue weighted by molar-refractivity contribution is 6.35. The maximum absolute atomic E-state index is 12.8. The summed E-state index contributed by atoms with van der Waals surface area (Å²) in [6.07, 6.45) is 0. The molecule has 0 spiro atoms. The largest absolute Gasteiger partial charge is 0.327 e.